The number of carbonyl (C=O) groups is 1. The van der Waals surface area contributed by atoms with Crippen LogP contribution in [0.4, 0.5) is 0 Å². The first-order valence-electron chi connectivity index (χ1n) is 7.41. The predicted octanol–water partition coefficient (Wildman–Crippen LogP) is 1.57. The number of furan rings is 1. The number of aromatic nitrogens is 4. The Morgan fingerprint density at radius 2 is 2.26 bits per heavy atom. The average Bonchev–Trinajstić information content (AvgIpc) is 3.23. The van der Waals surface area contributed by atoms with Gasteiger partial charge in [-0.3, -0.25) is 4.79 Å². The fourth-order valence-electron chi connectivity index (χ4n) is 2.79. The molecule has 0 atom stereocenters. The summed E-state index contributed by atoms with van der Waals surface area (Å²) in [6.07, 6.45) is 9.00. The summed E-state index contributed by atoms with van der Waals surface area (Å²) in [6.45, 7) is 1.54. The van der Waals surface area contributed by atoms with E-state index in [0.29, 0.717) is 17.3 Å². The number of pyridine rings is 1. The van der Waals surface area contributed by atoms with Crippen LogP contribution in [0, 0.1) is 5.92 Å². The summed E-state index contributed by atoms with van der Waals surface area (Å²) in [4.78, 5) is 22.5. The molecule has 1 fully saturated rings. The zero-order valence-electron chi connectivity index (χ0n) is 12.4. The van der Waals surface area contributed by atoms with E-state index >= 15 is 0 Å². The van der Waals surface area contributed by atoms with Crippen molar-refractivity contribution in [3.8, 4) is 5.82 Å². The highest BCUT2D eigenvalue weighted by Gasteiger charge is 2.31. The van der Waals surface area contributed by atoms with Gasteiger partial charge in [0.1, 0.15) is 12.7 Å². The SMILES string of the molecule is O=C(c1ccnc(-n2cncn2)c1)N1CC(Cc2ccoc2)C1. The highest BCUT2D eigenvalue weighted by molar-refractivity contribution is 5.95. The van der Waals surface area contributed by atoms with E-state index in [0.717, 1.165) is 19.5 Å². The maximum absolute atomic E-state index is 12.5. The molecular weight excluding hydrogens is 294 g/mol. The molecule has 1 amide bonds. The molecule has 0 spiro atoms. The maximum Gasteiger partial charge on any atom is 0.254 e. The first kappa shape index (κ1) is 13.7. The summed E-state index contributed by atoms with van der Waals surface area (Å²) in [5.41, 5.74) is 1.80. The van der Waals surface area contributed by atoms with Gasteiger partial charge in [-0.1, -0.05) is 0 Å². The number of nitrogens with zero attached hydrogens (tertiary/aromatic N) is 5. The lowest BCUT2D eigenvalue weighted by molar-refractivity contribution is 0.0501. The van der Waals surface area contributed by atoms with E-state index < -0.39 is 0 Å². The van der Waals surface area contributed by atoms with E-state index in [4.69, 9.17) is 4.42 Å². The summed E-state index contributed by atoms with van der Waals surface area (Å²) >= 11 is 0. The van der Waals surface area contributed by atoms with Crippen LogP contribution >= 0.6 is 0 Å². The summed E-state index contributed by atoms with van der Waals surface area (Å²) < 4.78 is 6.61. The molecule has 0 aromatic carbocycles. The van der Waals surface area contributed by atoms with Gasteiger partial charge in [0.2, 0.25) is 0 Å². The molecule has 23 heavy (non-hydrogen) atoms. The van der Waals surface area contributed by atoms with Gasteiger partial charge in [0.25, 0.3) is 5.91 Å². The average molecular weight is 309 g/mol. The molecule has 0 bridgehead atoms. The van der Waals surface area contributed by atoms with Crippen LogP contribution < -0.4 is 0 Å². The zero-order chi connectivity index (χ0) is 15.6. The van der Waals surface area contributed by atoms with Crippen LogP contribution in [0.5, 0.6) is 0 Å². The van der Waals surface area contributed by atoms with Crippen molar-refractivity contribution >= 4 is 5.91 Å². The molecule has 3 aromatic rings. The Balaban J connectivity index is 1.41. The summed E-state index contributed by atoms with van der Waals surface area (Å²) in [6, 6.07) is 5.43. The molecule has 0 radical (unpaired) electrons. The summed E-state index contributed by atoms with van der Waals surface area (Å²) in [5.74, 6) is 1.11. The highest BCUT2D eigenvalue weighted by Crippen LogP contribution is 2.23. The molecule has 3 aromatic heterocycles. The molecule has 1 saturated heterocycles. The Labute approximate surface area is 132 Å². The van der Waals surface area contributed by atoms with Crippen LogP contribution in [-0.4, -0.2) is 43.6 Å². The molecule has 116 valence electrons. The zero-order valence-corrected chi connectivity index (χ0v) is 12.4. The Morgan fingerprint density at radius 3 is 3.00 bits per heavy atom. The van der Waals surface area contributed by atoms with E-state index in [1.165, 1.54) is 16.6 Å². The smallest absolute Gasteiger partial charge is 0.254 e. The number of amides is 1. The second kappa shape index (κ2) is 5.68. The van der Waals surface area contributed by atoms with Crippen LogP contribution in [0.25, 0.3) is 5.82 Å². The largest absolute Gasteiger partial charge is 0.472 e. The molecule has 0 saturated carbocycles. The minimum absolute atomic E-state index is 0.0252. The van der Waals surface area contributed by atoms with Crippen molar-refractivity contribution in [3.63, 3.8) is 0 Å². The summed E-state index contributed by atoms with van der Waals surface area (Å²) in [5, 5.41) is 4.03. The van der Waals surface area contributed by atoms with Crippen molar-refractivity contribution in [1.29, 1.82) is 0 Å². The fourth-order valence-corrected chi connectivity index (χ4v) is 2.79. The number of hydrogen-bond acceptors (Lipinski definition) is 5. The molecule has 0 unspecified atom stereocenters. The van der Waals surface area contributed by atoms with Gasteiger partial charge in [-0.2, -0.15) is 5.10 Å². The van der Waals surface area contributed by atoms with Crippen molar-refractivity contribution in [2.45, 2.75) is 6.42 Å². The second-order valence-electron chi connectivity index (χ2n) is 5.65. The van der Waals surface area contributed by atoms with E-state index in [-0.39, 0.29) is 5.91 Å². The van der Waals surface area contributed by atoms with Gasteiger partial charge in [0, 0.05) is 24.8 Å². The van der Waals surface area contributed by atoms with E-state index in [2.05, 4.69) is 15.1 Å². The normalized spacial score (nSPS) is 14.7. The van der Waals surface area contributed by atoms with Gasteiger partial charge in [-0.25, -0.2) is 14.6 Å². The van der Waals surface area contributed by atoms with Gasteiger partial charge in [-0.15, -0.1) is 0 Å². The molecule has 1 aliphatic heterocycles. The van der Waals surface area contributed by atoms with Crippen molar-refractivity contribution in [2.75, 3.05) is 13.1 Å². The number of rotatable bonds is 4. The predicted molar refractivity (Wildman–Crippen MR) is 81.0 cm³/mol. The monoisotopic (exact) mass is 309 g/mol. The topological polar surface area (TPSA) is 77.1 Å². The third-order valence-corrected chi connectivity index (χ3v) is 3.99. The van der Waals surface area contributed by atoms with Crippen LogP contribution in [0.15, 0.2) is 54.0 Å². The maximum atomic E-state index is 12.5. The molecule has 7 heteroatoms. The molecular formula is C16H15N5O2. The first-order valence-corrected chi connectivity index (χ1v) is 7.41. The van der Waals surface area contributed by atoms with E-state index in [1.54, 1.807) is 37.2 Å². The van der Waals surface area contributed by atoms with Crippen molar-refractivity contribution in [1.82, 2.24) is 24.6 Å². The van der Waals surface area contributed by atoms with Gasteiger partial charge in [-0.05, 0) is 36.1 Å². The van der Waals surface area contributed by atoms with Crippen molar-refractivity contribution in [2.24, 2.45) is 5.92 Å². The number of likely N-dealkylation sites (tertiary alicyclic amines) is 1. The van der Waals surface area contributed by atoms with Gasteiger partial charge in [0.05, 0.1) is 12.5 Å². The molecule has 0 aliphatic carbocycles. The lowest BCUT2D eigenvalue weighted by Gasteiger charge is -2.39. The molecule has 0 N–H and O–H groups in total. The molecule has 4 rings (SSSR count). The third-order valence-electron chi connectivity index (χ3n) is 3.99. The van der Waals surface area contributed by atoms with Crippen LogP contribution in [0.1, 0.15) is 15.9 Å². The highest BCUT2D eigenvalue weighted by atomic mass is 16.3. The van der Waals surface area contributed by atoms with Crippen LogP contribution in [0.2, 0.25) is 0 Å². The van der Waals surface area contributed by atoms with Crippen LogP contribution in [0.3, 0.4) is 0 Å². The quantitative estimate of drug-likeness (QED) is 0.731. The Kier molecular flexibility index (Phi) is 3.38. The first-order chi connectivity index (χ1) is 11.3. The number of carbonyl (C=O) groups excluding carboxylic acids is 1. The van der Waals surface area contributed by atoms with Crippen molar-refractivity contribution < 1.29 is 9.21 Å². The lowest BCUT2D eigenvalue weighted by atomic mass is 9.92. The minimum Gasteiger partial charge on any atom is -0.472 e. The van der Waals surface area contributed by atoms with Crippen LogP contribution in [-0.2, 0) is 6.42 Å². The second-order valence-corrected chi connectivity index (χ2v) is 5.65. The molecule has 7 nitrogen and oxygen atoms in total. The van der Waals surface area contributed by atoms with E-state index in [9.17, 15) is 4.79 Å². The standard InChI is InChI=1S/C16H15N5O2/c22-16(20-7-13(8-20)5-12-2-4-23-9-12)14-1-3-18-15(6-14)21-11-17-10-19-21/h1-4,6,9-11,13H,5,7-8H2. The van der Waals surface area contributed by atoms with Crippen molar-refractivity contribution in [3.05, 3.63) is 60.7 Å². The Morgan fingerprint density at radius 1 is 1.35 bits per heavy atom. The van der Waals surface area contributed by atoms with Gasteiger partial charge >= 0.3 is 0 Å². The third kappa shape index (κ3) is 2.73. The Hall–Kier alpha value is -2.96. The minimum atomic E-state index is 0.0252. The summed E-state index contributed by atoms with van der Waals surface area (Å²) in [7, 11) is 0. The Bertz CT molecular complexity index is 792. The fraction of sp³-hybridized carbons (Fsp3) is 0.250. The lowest BCUT2D eigenvalue weighted by Crippen LogP contribution is -2.50. The number of hydrogen-bond donors (Lipinski definition) is 0. The molecule has 1 aliphatic rings. The van der Waals surface area contributed by atoms with Gasteiger partial charge in [0.15, 0.2) is 5.82 Å². The van der Waals surface area contributed by atoms with Gasteiger partial charge < -0.3 is 9.32 Å². The van der Waals surface area contributed by atoms with E-state index in [1.807, 2.05) is 11.0 Å². The molecule has 4 heterocycles.